The van der Waals surface area contributed by atoms with E-state index in [-0.39, 0.29) is 12.3 Å². The second kappa shape index (κ2) is 5.38. The van der Waals surface area contributed by atoms with Gasteiger partial charge in [-0.05, 0) is 18.3 Å². The summed E-state index contributed by atoms with van der Waals surface area (Å²) in [7, 11) is 0. The second-order valence-electron chi connectivity index (χ2n) is 4.43. The smallest absolute Gasteiger partial charge is 0.146 e. The van der Waals surface area contributed by atoms with Crippen molar-refractivity contribution in [3.05, 3.63) is 0 Å². The average molecular weight is 183 g/mol. The van der Waals surface area contributed by atoms with E-state index >= 15 is 0 Å². The van der Waals surface area contributed by atoms with Gasteiger partial charge in [-0.15, -0.1) is 0 Å². The summed E-state index contributed by atoms with van der Waals surface area (Å²) in [6.45, 7) is 2.54. The van der Waals surface area contributed by atoms with Gasteiger partial charge in [0.25, 0.3) is 0 Å². The van der Waals surface area contributed by atoms with Gasteiger partial charge in [-0.3, -0.25) is 4.79 Å². The quantitative estimate of drug-likeness (QED) is 0.681. The molecule has 2 heteroatoms. The van der Waals surface area contributed by atoms with Crippen molar-refractivity contribution in [1.29, 1.82) is 0 Å². The molecule has 2 unspecified atom stereocenters. The van der Waals surface area contributed by atoms with Crippen molar-refractivity contribution in [1.82, 2.24) is 0 Å². The van der Waals surface area contributed by atoms with Crippen molar-refractivity contribution in [3.8, 4) is 0 Å². The first-order valence-corrected chi connectivity index (χ1v) is 5.44. The largest absolute Gasteiger partial charge is 0.324 e. The zero-order chi connectivity index (χ0) is 9.68. The van der Waals surface area contributed by atoms with Crippen LogP contribution in [0, 0.1) is 11.8 Å². The third kappa shape index (κ3) is 3.90. The van der Waals surface area contributed by atoms with Gasteiger partial charge in [0.15, 0.2) is 0 Å². The van der Waals surface area contributed by atoms with Crippen molar-refractivity contribution in [2.24, 2.45) is 17.6 Å². The molecule has 1 aliphatic carbocycles. The van der Waals surface area contributed by atoms with Gasteiger partial charge in [0.05, 0.1) is 6.54 Å². The van der Waals surface area contributed by atoms with Crippen LogP contribution in [0.4, 0.5) is 0 Å². The molecule has 0 aromatic rings. The summed E-state index contributed by atoms with van der Waals surface area (Å²) in [5.74, 6) is 1.72. The number of hydrogen-bond acceptors (Lipinski definition) is 2. The molecule has 0 aromatic carbocycles. The van der Waals surface area contributed by atoms with Gasteiger partial charge in [-0.1, -0.05) is 32.6 Å². The highest BCUT2D eigenvalue weighted by Gasteiger charge is 2.17. The van der Waals surface area contributed by atoms with Gasteiger partial charge >= 0.3 is 0 Å². The number of carbonyl (C=O) groups is 1. The third-order valence-electron chi connectivity index (χ3n) is 3.12. The van der Waals surface area contributed by atoms with Crippen LogP contribution in [0.3, 0.4) is 0 Å². The Bertz CT molecular complexity index is 167. The molecule has 2 N–H and O–H groups in total. The van der Waals surface area contributed by atoms with Crippen LogP contribution in [0.25, 0.3) is 0 Å². The van der Waals surface area contributed by atoms with E-state index in [0.29, 0.717) is 5.92 Å². The first-order valence-electron chi connectivity index (χ1n) is 5.44. The molecule has 2 nitrogen and oxygen atoms in total. The Balaban J connectivity index is 2.29. The van der Waals surface area contributed by atoms with Crippen LogP contribution in [-0.4, -0.2) is 12.3 Å². The van der Waals surface area contributed by atoms with E-state index in [0.717, 1.165) is 12.3 Å². The fourth-order valence-electron chi connectivity index (χ4n) is 2.17. The van der Waals surface area contributed by atoms with E-state index in [2.05, 4.69) is 6.92 Å². The van der Waals surface area contributed by atoms with E-state index < -0.39 is 0 Å². The van der Waals surface area contributed by atoms with E-state index in [4.69, 9.17) is 5.73 Å². The lowest BCUT2D eigenvalue weighted by Crippen LogP contribution is -2.17. The molecule has 1 saturated carbocycles. The molecule has 0 aliphatic heterocycles. The van der Waals surface area contributed by atoms with Crippen LogP contribution < -0.4 is 5.73 Å². The number of Topliss-reactive ketones (excluding diaryl/α,β-unsaturated/α-hetero) is 1. The monoisotopic (exact) mass is 183 g/mol. The molecule has 1 rings (SSSR count). The minimum Gasteiger partial charge on any atom is -0.324 e. The van der Waals surface area contributed by atoms with Crippen molar-refractivity contribution < 1.29 is 4.79 Å². The predicted molar refractivity (Wildman–Crippen MR) is 54.4 cm³/mol. The third-order valence-corrected chi connectivity index (χ3v) is 3.12. The summed E-state index contributed by atoms with van der Waals surface area (Å²) in [6, 6.07) is 0. The molecule has 1 aliphatic rings. The first-order chi connectivity index (χ1) is 6.22. The SMILES string of the molecule is CC1CCCC(CC(=O)CN)CC1. The molecule has 0 radical (unpaired) electrons. The van der Waals surface area contributed by atoms with Crippen LogP contribution in [-0.2, 0) is 4.79 Å². The highest BCUT2D eigenvalue weighted by molar-refractivity contribution is 5.80. The van der Waals surface area contributed by atoms with Crippen LogP contribution in [0.5, 0.6) is 0 Å². The second-order valence-corrected chi connectivity index (χ2v) is 4.43. The first kappa shape index (κ1) is 10.7. The maximum absolute atomic E-state index is 11.1. The molecule has 0 bridgehead atoms. The van der Waals surface area contributed by atoms with Crippen LogP contribution >= 0.6 is 0 Å². The predicted octanol–water partition coefficient (Wildman–Crippen LogP) is 2.12. The molecule has 13 heavy (non-hydrogen) atoms. The van der Waals surface area contributed by atoms with E-state index in [1.165, 1.54) is 32.1 Å². The molecule has 0 spiro atoms. The minimum atomic E-state index is 0.228. The number of ketones is 1. The van der Waals surface area contributed by atoms with Gasteiger partial charge in [-0.25, -0.2) is 0 Å². The fraction of sp³-hybridized carbons (Fsp3) is 0.909. The molecule has 0 amide bonds. The summed E-state index contributed by atoms with van der Waals surface area (Å²) >= 11 is 0. The Morgan fingerprint density at radius 1 is 1.31 bits per heavy atom. The molecule has 0 aromatic heterocycles. The Morgan fingerprint density at radius 3 is 2.77 bits per heavy atom. The van der Waals surface area contributed by atoms with Crippen LogP contribution in [0.15, 0.2) is 0 Å². The fourth-order valence-corrected chi connectivity index (χ4v) is 2.17. The van der Waals surface area contributed by atoms with Gasteiger partial charge in [0.2, 0.25) is 0 Å². The van der Waals surface area contributed by atoms with Crippen LogP contribution in [0.1, 0.15) is 45.4 Å². The number of hydrogen-bond donors (Lipinski definition) is 1. The van der Waals surface area contributed by atoms with Crippen molar-refractivity contribution in [3.63, 3.8) is 0 Å². The van der Waals surface area contributed by atoms with Crippen LogP contribution in [0.2, 0.25) is 0 Å². The Kier molecular flexibility index (Phi) is 4.43. The molecule has 0 heterocycles. The van der Waals surface area contributed by atoms with E-state index in [1.807, 2.05) is 0 Å². The molecule has 0 saturated heterocycles. The number of rotatable bonds is 3. The highest BCUT2D eigenvalue weighted by Crippen LogP contribution is 2.28. The summed E-state index contributed by atoms with van der Waals surface area (Å²) in [5.41, 5.74) is 5.31. The average Bonchev–Trinajstić information content (AvgIpc) is 2.31. The summed E-state index contributed by atoms with van der Waals surface area (Å²) in [6.07, 6.45) is 7.12. The Hall–Kier alpha value is -0.370. The molecular weight excluding hydrogens is 162 g/mol. The Labute approximate surface area is 80.9 Å². The highest BCUT2D eigenvalue weighted by atomic mass is 16.1. The zero-order valence-electron chi connectivity index (χ0n) is 8.59. The molecular formula is C11H21NO. The van der Waals surface area contributed by atoms with Gasteiger partial charge in [0, 0.05) is 6.42 Å². The van der Waals surface area contributed by atoms with E-state index in [1.54, 1.807) is 0 Å². The minimum absolute atomic E-state index is 0.228. The van der Waals surface area contributed by atoms with Crippen molar-refractivity contribution >= 4 is 5.78 Å². The Morgan fingerprint density at radius 2 is 2.08 bits per heavy atom. The number of nitrogens with two attached hydrogens (primary N) is 1. The molecule has 1 fully saturated rings. The summed E-state index contributed by atoms with van der Waals surface area (Å²) in [5, 5.41) is 0. The van der Waals surface area contributed by atoms with Gasteiger partial charge in [0.1, 0.15) is 5.78 Å². The van der Waals surface area contributed by atoms with Gasteiger partial charge in [-0.2, -0.15) is 0 Å². The lowest BCUT2D eigenvalue weighted by Gasteiger charge is -2.11. The zero-order valence-corrected chi connectivity index (χ0v) is 8.59. The normalized spacial score (nSPS) is 29.7. The lowest BCUT2D eigenvalue weighted by atomic mass is 9.94. The summed E-state index contributed by atoms with van der Waals surface area (Å²) in [4.78, 5) is 11.1. The van der Waals surface area contributed by atoms with Crippen molar-refractivity contribution in [2.45, 2.75) is 45.4 Å². The van der Waals surface area contributed by atoms with Crippen molar-refractivity contribution in [2.75, 3.05) is 6.54 Å². The molecule has 76 valence electrons. The number of carbonyl (C=O) groups excluding carboxylic acids is 1. The molecule has 2 atom stereocenters. The maximum Gasteiger partial charge on any atom is 0.146 e. The summed E-state index contributed by atoms with van der Waals surface area (Å²) < 4.78 is 0. The van der Waals surface area contributed by atoms with E-state index in [9.17, 15) is 4.79 Å². The topological polar surface area (TPSA) is 43.1 Å². The maximum atomic E-state index is 11.1. The lowest BCUT2D eigenvalue weighted by molar-refractivity contribution is -0.118. The standard InChI is InChI=1S/C11H21NO/c1-9-3-2-4-10(6-5-9)7-11(13)8-12/h9-10H,2-8,12H2,1H3. The van der Waals surface area contributed by atoms with Gasteiger partial charge < -0.3 is 5.73 Å².